The van der Waals surface area contributed by atoms with Gasteiger partial charge < -0.3 is 4.57 Å². The average molecular weight is 356 g/mol. The highest BCUT2D eigenvalue weighted by molar-refractivity contribution is 9.10. The average Bonchev–Trinajstić information content (AvgIpc) is 3.02. The van der Waals surface area contributed by atoms with Crippen LogP contribution in [-0.4, -0.2) is 9.55 Å². The smallest absolute Gasteiger partial charge is 0.124 e. The summed E-state index contributed by atoms with van der Waals surface area (Å²) in [7, 11) is 0. The Balaban J connectivity index is 1.96. The Morgan fingerprint density at radius 2 is 2.21 bits per heavy atom. The van der Waals surface area contributed by atoms with Crippen molar-refractivity contribution in [1.82, 2.24) is 9.55 Å². The summed E-state index contributed by atoms with van der Waals surface area (Å²) in [5.41, 5.74) is 3.51. The summed E-state index contributed by atoms with van der Waals surface area (Å²) in [6.45, 7) is 0.914. The number of thiophene rings is 1. The zero-order valence-corrected chi connectivity index (χ0v) is 13.3. The maximum atomic E-state index is 6.01. The predicted octanol–water partition coefficient (Wildman–Crippen LogP) is 4.84. The third-order valence-electron chi connectivity index (χ3n) is 3.11. The Morgan fingerprint density at radius 1 is 1.32 bits per heavy atom. The minimum absolute atomic E-state index is 0.440. The van der Waals surface area contributed by atoms with E-state index in [0.717, 1.165) is 34.3 Å². The Bertz CT molecular complexity index is 691. The predicted molar refractivity (Wildman–Crippen MR) is 85.0 cm³/mol. The van der Waals surface area contributed by atoms with Gasteiger partial charge in [-0.15, -0.1) is 11.6 Å². The zero-order valence-electron chi connectivity index (χ0n) is 10.1. The van der Waals surface area contributed by atoms with Crippen LogP contribution in [0.1, 0.15) is 11.4 Å². The van der Waals surface area contributed by atoms with E-state index >= 15 is 0 Å². The summed E-state index contributed by atoms with van der Waals surface area (Å²) in [5, 5.41) is 4.30. The molecule has 3 rings (SSSR count). The summed E-state index contributed by atoms with van der Waals surface area (Å²) >= 11 is 11.2. The molecule has 0 spiro atoms. The van der Waals surface area contributed by atoms with Crippen molar-refractivity contribution in [3.05, 3.63) is 50.9 Å². The van der Waals surface area contributed by atoms with E-state index in [2.05, 4.69) is 48.4 Å². The molecule has 2 aromatic heterocycles. The number of aromatic nitrogens is 2. The lowest BCUT2D eigenvalue weighted by atomic mass is 10.2. The zero-order chi connectivity index (χ0) is 13.2. The molecule has 3 aromatic rings. The largest absolute Gasteiger partial charge is 0.327 e. The van der Waals surface area contributed by atoms with Gasteiger partial charge in [0.1, 0.15) is 5.82 Å². The molecule has 0 N–H and O–H groups in total. The molecule has 19 heavy (non-hydrogen) atoms. The monoisotopic (exact) mass is 354 g/mol. The number of imidazole rings is 1. The van der Waals surface area contributed by atoms with Crippen LogP contribution in [0, 0.1) is 0 Å². The normalized spacial score (nSPS) is 11.3. The topological polar surface area (TPSA) is 17.8 Å². The number of hydrogen-bond donors (Lipinski definition) is 0. The molecule has 0 saturated carbocycles. The molecule has 5 heteroatoms. The van der Waals surface area contributed by atoms with Gasteiger partial charge in [0.2, 0.25) is 0 Å². The summed E-state index contributed by atoms with van der Waals surface area (Å²) in [5.74, 6) is 1.38. The summed E-state index contributed by atoms with van der Waals surface area (Å²) < 4.78 is 3.26. The van der Waals surface area contributed by atoms with Crippen LogP contribution in [0.4, 0.5) is 0 Å². The molecule has 0 amide bonds. The van der Waals surface area contributed by atoms with Crippen molar-refractivity contribution >= 4 is 49.9 Å². The molecule has 1 aromatic carbocycles. The molecule has 0 unspecified atom stereocenters. The van der Waals surface area contributed by atoms with E-state index < -0.39 is 0 Å². The van der Waals surface area contributed by atoms with Crippen molar-refractivity contribution in [2.45, 2.75) is 18.8 Å². The first-order valence-corrected chi connectivity index (χ1v) is 8.26. The van der Waals surface area contributed by atoms with Crippen LogP contribution in [-0.2, 0) is 18.8 Å². The fourth-order valence-electron chi connectivity index (χ4n) is 2.18. The van der Waals surface area contributed by atoms with Crippen molar-refractivity contribution in [1.29, 1.82) is 0 Å². The second kappa shape index (κ2) is 5.65. The van der Waals surface area contributed by atoms with Gasteiger partial charge in [-0.2, -0.15) is 11.3 Å². The van der Waals surface area contributed by atoms with E-state index in [1.165, 1.54) is 5.56 Å². The van der Waals surface area contributed by atoms with Crippen LogP contribution in [0.2, 0.25) is 0 Å². The van der Waals surface area contributed by atoms with E-state index in [4.69, 9.17) is 11.6 Å². The number of nitrogens with zero attached hydrogens (tertiary/aromatic N) is 2. The summed E-state index contributed by atoms with van der Waals surface area (Å²) in [6.07, 6.45) is 1.01. The number of fused-ring (bicyclic) bond motifs is 1. The first kappa shape index (κ1) is 13.2. The van der Waals surface area contributed by atoms with E-state index in [9.17, 15) is 0 Å². The number of rotatable bonds is 4. The molecule has 98 valence electrons. The van der Waals surface area contributed by atoms with Gasteiger partial charge >= 0.3 is 0 Å². The van der Waals surface area contributed by atoms with Gasteiger partial charge in [0.05, 0.1) is 16.9 Å². The van der Waals surface area contributed by atoms with Crippen LogP contribution < -0.4 is 0 Å². The minimum atomic E-state index is 0.440. The Kier molecular flexibility index (Phi) is 3.91. The standard InChI is InChI=1S/C14H12BrClN2S/c15-11-1-2-13-12(7-11)17-14(8-16)18(13)5-3-10-4-6-19-9-10/h1-2,4,6-7,9H,3,5,8H2. The van der Waals surface area contributed by atoms with Gasteiger partial charge in [0, 0.05) is 11.0 Å². The van der Waals surface area contributed by atoms with Crippen LogP contribution >= 0.6 is 38.9 Å². The molecule has 0 fully saturated rings. The van der Waals surface area contributed by atoms with Gasteiger partial charge in [-0.25, -0.2) is 4.98 Å². The van der Waals surface area contributed by atoms with Gasteiger partial charge in [-0.3, -0.25) is 0 Å². The van der Waals surface area contributed by atoms with Gasteiger partial charge in [0.25, 0.3) is 0 Å². The van der Waals surface area contributed by atoms with Gasteiger partial charge in [0.15, 0.2) is 0 Å². The third kappa shape index (κ3) is 2.71. The van der Waals surface area contributed by atoms with Crippen molar-refractivity contribution in [3.63, 3.8) is 0 Å². The maximum absolute atomic E-state index is 6.01. The number of benzene rings is 1. The van der Waals surface area contributed by atoms with Crippen molar-refractivity contribution in [2.24, 2.45) is 0 Å². The second-order valence-electron chi connectivity index (χ2n) is 4.33. The maximum Gasteiger partial charge on any atom is 0.124 e. The van der Waals surface area contributed by atoms with Crippen LogP contribution in [0.5, 0.6) is 0 Å². The Hall–Kier alpha value is -0.840. The van der Waals surface area contributed by atoms with Gasteiger partial charge in [-0.1, -0.05) is 15.9 Å². The van der Waals surface area contributed by atoms with E-state index in [1.54, 1.807) is 11.3 Å². The van der Waals surface area contributed by atoms with Gasteiger partial charge in [-0.05, 0) is 47.0 Å². The first-order chi connectivity index (χ1) is 9.28. The lowest BCUT2D eigenvalue weighted by Crippen LogP contribution is -2.04. The molecule has 0 atom stereocenters. The van der Waals surface area contributed by atoms with Crippen LogP contribution in [0.3, 0.4) is 0 Å². The van der Waals surface area contributed by atoms with Crippen LogP contribution in [0.15, 0.2) is 39.5 Å². The highest BCUT2D eigenvalue weighted by Gasteiger charge is 2.10. The number of hydrogen-bond acceptors (Lipinski definition) is 2. The molecule has 0 saturated heterocycles. The highest BCUT2D eigenvalue weighted by atomic mass is 79.9. The van der Waals surface area contributed by atoms with Crippen LogP contribution in [0.25, 0.3) is 11.0 Å². The molecule has 0 aliphatic carbocycles. The lowest BCUT2D eigenvalue weighted by molar-refractivity contribution is 0.689. The Labute approximate surface area is 129 Å². The fraction of sp³-hybridized carbons (Fsp3) is 0.214. The number of alkyl halides is 1. The molecule has 0 radical (unpaired) electrons. The van der Waals surface area contributed by atoms with E-state index in [0.29, 0.717) is 5.88 Å². The van der Waals surface area contributed by atoms with Crippen molar-refractivity contribution in [2.75, 3.05) is 0 Å². The molecular weight excluding hydrogens is 344 g/mol. The quantitative estimate of drug-likeness (QED) is 0.612. The number of halogens is 2. The SMILES string of the molecule is ClCc1nc2cc(Br)ccc2n1CCc1ccsc1. The third-order valence-corrected chi connectivity index (χ3v) is 4.58. The summed E-state index contributed by atoms with van der Waals surface area (Å²) in [4.78, 5) is 4.60. The number of aryl methyl sites for hydroxylation is 2. The minimum Gasteiger partial charge on any atom is -0.327 e. The molecule has 2 heterocycles. The molecule has 0 bridgehead atoms. The van der Waals surface area contributed by atoms with E-state index in [1.807, 2.05) is 12.1 Å². The van der Waals surface area contributed by atoms with Crippen molar-refractivity contribution in [3.8, 4) is 0 Å². The Morgan fingerprint density at radius 3 is 2.95 bits per heavy atom. The molecule has 0 aliphatic rings. The van der Waals surface area contributed by atoms with Crippen molar-refractivity contribution < 1.29 is 0 Å². The lowest BCUT2D eigenvalue weighted by Gasteiger charge is -2.06. The highest BCUT2D eigenvalue weighted by Crippen LogP contribution is 2.22. The molecule has 0 aliphatic heterocycles. The summed E-state index contributed by atoms with van der Waals surface area (Å²) in [6, 6.07) is 8.34. The fourth-order valence-corrected chi connectivity index (χ4v) is 3.44. The first-order valence-electron chi connectivity index (χ1n) is 5.99. The van der Waals surface area contributed by atoms with E-state index in [-0.39, 0.29) is 0 Å². The second-order valence-corrected chi connectivity index (χ2v) is 6.29. The molecular formula is C14H12BrClN2S. The molecule has 2 nitrogen and oxygen atoms in total.